The summed E-state index contributed by atoms with van der Waals surface area (Å²) in [5, 5.41) is 20.5. The molecule has 1 fully saturated rings. The van der Waals surface area contributed by atoms with Gasteiger partial charge in [0.05, 0.1) is 18.1 Å². The lowest BCUT2D eigenvalue weighted by molar-refractivity contribution is -0.387. The normalized spacial score (nSPS) is 14.2. The van der Waals surface area contributed by atoms with Gasteiger partial charge in [-0.15, -0.1) is 0 Å². The maximum atomic E-state index is 11.8. The van der Waals surface area contributed by atoms with E-state index in [4.69, 9.17) is 4.74 Å². The van der Waals surface area contributed by atoms with Gasteiger partial charge >= 0.3 is 11.2 Å². The van der Waals surface area contributed by atoms with E-state index in [2.05, 4.69) is 43.7 Å². The third-order valence-corrected chi connectivity index (χ3v) is 5.45. The predicted octanol–water partition coefficient (Wildman–Crippen LogP) is 2.80. The largest absolute Gasteiger partial charge is 0.488 e. The molecule has 1 aliphatic rings. The smallest absolute Gasteiger partial charge is 0.395 e. The molecule has 0 atom stereocenters. The van der Waals surface area contributed by atoms with Gasteiger partial charge in [0.25, 0.3) is 5.88 Å². The summed E-state index contributed by atoms with van der Waals surface area (Å²) < 4.78 is 7.53. The average molecular weight is 437 g/mol. The van der Waals surface area contributed by atoms with Crippen molar-refractivity contribution < 1.29 is 14.8 Å². The van der Waals surface area contributed by atoms with Crippen LogP contribution in [0.15, 0.2) is 35.1 Å². The zero-order chi connectivity index (χ0) is 22.8. The van der Waals surface area contributed by atoms with Crippen molar-refractivity contribution in [2.24, 2.45) is 0 Å². The molecule has 166 valence electrons. The number of nitro groups is 1. The van der Waals surface area contributed by atoms with Gasteiger partial charge in [0.2, 0.25) is 0 Å². The first-order valence-corrected chi connectivity index (χ1v) is 10.1. The number of nitrogens with one attached hydrogen (secondary N) is 1. The van der Waals surface area contributed by atoms with Crippen LogP contribution in [-0.2, 0) is 4.74 Å². The number of nitrogens with zero attached hydrogens (tertiary/aromatic N) is 4. The van der Waals surface area contributed by atoms with E-state index in [1.807, 2.05) is 19.9 Å². The number of aromatic nitrogens is 3. The zero-order valence-electron chi connectivity index (χ0n) is 17.7. The van der Waals surface area contributed by atoms with Gasteiger partial charge in [0.15, 0.2) is 0 Å². The maximum Gasteiger partial charge on any atom is 0.395 e. The highest BCUT2D eigenvalue weighted by Crippen LogP contribution is 2.25. The second-order valence-corrected chi connectivity index (χ2v) is 7.49. The number of aryl methyl sites for hydroxylation is 1. The molecule has 1 saturated heterocycles. The van der Waals surface area contributed by atoms with Crippen molar-refractivity contribution in [1.82, 2.24) is 14.5 Å². The SMILES string of the molecule is Cc1cc(C=Cc2nc(O)c([N+](=O)[O-])c(=O)[nH]2)c(C)n1-c1ccc(N2CCOCC2)cc1. The lowest BCUT2D eigenvalue weighted by Gasteiger charge is -2.29. The van der Waals surface area contributed by atoms with E-state index >= 15 is 0 Å². The second-order valence-electron chi connectivity index (χ2n) is 7.49. The maximum absolute atomic E-state index is 11.8. The highest BCUT2D eigenvalue weighted by molar-refractivity contribution is 5.69. The van der Waals surface area contributed by atoms with E-state index in [0.29, 0.717) is 0 Å². The van der Waals surface area contributed by atoms with Crippen molar-refractivity contribution in [3.63, 3.8) is 0 Å². The Morgan fingerprint density at radius 2 is 1.81 bits per heavy atom. The molecule has 1 aromatic carbocycles. The molecule has 0 saturated carbocycles. The van der Waals surface area contributed by atoms with Gasteiger partial charge in [-0.2, -0.15) is 4.98 Å². The Kier molecular flexibility index (Phi) is 5.78. The first-order valence-electron chi connectivity index (χ1n) is 10.1. The van der Waals surface area contributed by atoms with Gasteiger partial charge in [0.1, 0.15) is 5.82 Å². The van der Waals surface area contributed by atoms with E-state index in [-0.39, 0.29) is 5.82 Å². The Morgan fingerprint density at radius 1 is 1.16 bits per heavy atom. The van der Waals surface area contributed by atoms with Crippen LogP contribution >= 0.6 is 0 Å². The fourth-order valence-electron chi connectivity index (χ4n) is 3.87. The van der Waals surface area contributed by atoms with Crippen LogP contribution in [0.5, 0.6) is 5.88 Å². The van der Waals surface area contributed by atoms with Crippen molar-refractivity contribution in [2.45, 2.75) is 13.8 Å². The van der Waals surface area contributed by atoms with Gasteiger partial charge in [-0.25, -0.2) is 0 Å². The molecule has 10 nitrogen and oxygen atoms in total. The Labute approximate surface area is 183 Å². The van der Waals surface area contributed by atoms with Crippen LogP contribution in [0.4, 0.5) is 11.4 Å². The summed E-state index contributed by atoms with van der Waals surface area (Å²) in [6.45, 7) is 7.21. The van der Waals surface area contributed by atoms with Crippen LogP contribution in [0.1, 0.15) is 22.8 Å². The summed E-state index contributed by atoms with van der Waals surface area (Å²) in [7, 11) is 0. The lowest BCUT2D eigenvalue weighted by Crippen LogP contribution is -2.36. The molecule has 0 unspecified atom stereocenters. The van der Waals surface area contributed by atoms with Crippen LogP contribution in [0, 0.1) is 24.0 Å². The van der Waals surface area contributed by atoms with E-state index in [9.17, 15) is 20.0 Å². The number of aromatic hydroxyl groups is 1. The summed E-state index contributed by atoms with van der Waals surface area (Å²) in [5.74, 6) is -0.887. The Hall–Kier alpha value is -3.92. The number of aromatic amines is 1. The van der Waals surface area contributed by atoms with Crippen LogP contribution in [0.25, 0.3) is 17.8 Å². The molecule has 4 rings (SSSR count). The molecular formula is C22H23N5O5. The molecule has 10 heteroatoms. The highest BCUT2D eigenvalue weighted by atomic mass is 16.6. The molecule has 3 aromatic rings. The van der Waals surface area contributed by atoms with Crippen molar-refractivity contribution in [3.05, 3.63) is 73.6 Å². The first-order chi connectivity index (χ1) is 15.3. The molecule has 0 radical (unpaired) electrons. The fourth-order valence-corrected chi connectivity index (χ4v) is 3.87. The number of H-pyrrole nitrogens is 1. The molecule has 3 heterocycles. The monoisotopic (exact) mass is 437 g/mol. The third-order valence-electron chi connectivity index (χ3n) is 5.45. The molecule has 1 aliphatic heterocycles. The van der Waals surface area contributed by atoms with Crippen LogP contribution in [0.2, 0.25) is 0 Å². The van der Waals surface area contributed by atoms with Gasteiger partial charge in [-0.1, -0.05) is 0 Å². The van der Waals surface area contributed by atoms with E-state index < -0.39 is 22.0 Å². The molecule has 0 aliphatic carbocycles. The molecule has 2 aromatic heterocycles. The van der Waals surface area contributed by atoms with E-state index in [0.717, 1.165) is 54.6 Å². The Balaban J connectivity index is 1.59. The van der Waals surface area contributed by atoms with Crippen LogP contribution in [0.3, 0.4) is 0 Å². The highest BCUT2D eigenvalue weighted by Gasteiger charge is 2.21. The van der Waals surface area contributed by atoms with Crippen LogP contribution < -0.4 is 10.5 Å². The van der Waals surface area contributed by atoms with Gasteiger partial charge in [-0.3, -0.25) is 14.9 Å². The van der Waals surface area contributed by atoms with Gasteiger partial charge in [-0.05, 0) is 61.9 Å². The number of rotatable bonds is 5. The first kappa shape index (κ1) is 21.3. The standard InChI is InChI=1S/C22H23N5O5/c1-14-13-16(3-8-19-23-21(28)20(27(30)31)22(29)24-19)15(2)26(14)18-6-4-17(5-7-18)25-9-11-32-12-10-25/h3-8,13H,9-12H2,1-2H3,(H2,23,24,28,29). The zero-order valence-corrected chi connectivity index (χ0v) is 17.7. The number of ether oxygens (including phenoxy) is 1. The number of benzene rings is 1. The molecule has 0 amide bonds. The molecule has 2 N–H and O–H groups in total. The minimum absolute atomic E-state index is 0.0257. The molecule has 0 spiro atoms. The number of morpholine rings is 1. The minimum Gasteiger partial charge on any atom is -0.488 e. The Bertz CT molecular complexity index is 1240. The van der Waals surface area contributed by atoms with Crippen molar-refractivity contribution in [3.8, 4) is 11.6 Å². The minimum atomic E-state index is -1.01. The number of hydrogen-bond donors (Lipinski definition) is 2. The number of anilines is 1. The third kappa shape index (κ3) is 4.12. The molecular weight excluding hydrogens is 414 g/mol. The van der Waals surface area contributed by atoms with Crippen molar-refractivity contribution >= 4 is 23.5 Å². The van der Waals surface area contributed by atoms with Crippen molar-refractivity contribution in [1.29, 1.82) is 0 Å². The topological polar surface area (TPSA) is 127 Å². The predicted molar refractivity (Wildman–Crippen MR) is 120 cm³/mol. The summed E-state index contributed by atoms with van der Waals surface area (Å²) in [6.07, 6.45) is 3.24. The summed E-state index contributed by atoms with van der Waals surface area (Å²) in [6, 6.07) is 10.3. The lowest BCUT2D eigenvalue weighted by atomic mass is 10.2. The summed E-state index contributed by atoms with van der Waals surface area (Å²) in [4.78, 5) is 30.0. The quantitative estimate of drug-likeness (QED) is 0.464. The summed E-state index contributed by atoms with van der Waals surface area (Å²) in [5.41, 5.74) is 3.10. The number of hydrogen-bond acceptors (Lipinski definition) is 7. The van der Waals surface area contributed by atoms with E-state index in [1.165, 1.54) is 6.08 Å². The van der Waals surface area contributed by atoms with Crippen LogP contribution in [-0.4, -0.2) is 50.9 Å². The Morgan fingerprint density at radius 3 is 2.44 bits per heavy atom. The average Bonchev–Trinajstić information content (AvgIpc) is 3.05. The fraction of sp³-hybridized carbons (Fsp3) is 0.273. The van der Waals surface area contributed by atoms with Crippen molar-refractivity contribution in [2.75, 3.05) is 31.2 Å². The van der Waals surface area contributed by atoms with Gasteiger partial charge < -0.3 is 24.3 Å². The summed E-state index contributed by atoms with van der Waals surface area (Å²) >= 11 is 0. The molecule has 32 heavy (non-hydrogen) atoms. The van der Waals surface area contributed by atoms with E-state index in [1.54, 1.807) is 6.08 Å². The molecule has 0 bridgehead atoms. The van der Waals surface area contributed by atoms with Gasteiger partial charge in [0, 0.05) is 35.9 Å². The second kappa shape index (κ2) is 8.67.